The van der Waals surface area contributed by atoms with Gasteiger partial charge in [0.05, 0.1) is 24.9 Å². The number of aryl methyl sites for hydroxylation is 1. The van der Waals surface area contributed by atoms with Crippen LogP contribution in [0.15, 0.2) is 0 Å². The van der Waals surface area contributed by atoms with Crippen molar-refractivity contribution in [2.45, 2.75) is 39.6 Å². The van der Waals surface area contributed by atoms with Gasteiger partial charge in [0.1, 0.15) is 6.61 Å². The zero-order chi connectivity index (χ0) is 13.9. The van der Waals surface area contributed by atoms with Crippen LogP contribution in [-0.2, 0) is 11.3 Å². The molecule has 104 valence electrons. The SMILES string of the molecule is Cc1nn(CCOCC(F)(F)F)c(C)c1C(C)O. The fourth-order valence-electron chi connectivity index (χ4n) is 1.87. The number of aliphatic hydroxyl groups is 1. The normalized spacial score (nSPS) is 13.9. The van der Waals surface area contributed by atoms with Gasteiger partial charge < -0.3 is 9.84 Å². The van der Waals surface area contributed by atoms with Crippen molar-refractivity contribution >= 4 is 0 Å². The molecule has 1 heterocycles. The predicted molar refractivity (Wildman–Crippen MR) is 59.2 cm³/mol. The van der Waals surface area contributed by atoms with Crippen molar-refractivity contribution in [3.8, 4) is 0 Å². The Morgan fingerprint density at radius 3 is 2.44 bits per heavy atom. The van der Waals surface area contributed by atoms with E-state index in [1.54, 1.807) is 25.5 Å². The second-order valence-electron chi connectivity index (χ2n) is 4.15. The van der Waals surface area contributed by atoms with Crippen LogP contribution in [0.4, 0.5) is 13.2 Å². The summed E-state index contributed by atoms with van der Waals surface area (Å²) in [5.74, 6) is 0. The molecular weight excluding hydrogens is 249 g/mol. The summed E-state index contributed by atoms with van der Waals surface area (Å²) >= 11 is 0. The van der Waals surface area contributed by atoms with Gasteiger partial charge in [-0.15, -0.1) is 0 Å². The minimum atomic E-state index is -4.31. The third-order valence-electron chi connectivity index (χ3n) is 2.57. The van der Waals surface area contributed by atoms with E-state index in [1.165, 1.54) is 0 Å². The van der Waals surface area contributed by atoms with Crippen molar-refractivity contribution in [1.29, 1.82) is 0 Å². The number of alkyl halides is 3. The van der Waals surface area contributed by atoms with Crippen molar-refractivity contribution < 1.29 is 23.0 Å². The van der Waals surface area contributed by atoms with Crippen LogP contribution < -0.4 is 0 Å². The Labute approximate surface area is 103 Å². The van der Waals surface area contributed by atoms with E-state index in [-0.39, 0.29) is 13.2 Å². The number of hydrogen-bond acceptors (Lipinski definition) is 3. The van der Waals surface area contributed by atoms with Crippen LogP contribution in [0.5, 0.6) is 0 Å². The topological polar surface area (TPSA) is 47.3 Å². The van der Waals surface area contributed by atoms with Gasteiger partial charge in [-0.2, -0.15) is 18.3 Å². The Kier molecular flexibility index (Phi) is 4.75. The Morgan fingerprint density at radius 1 is 1.39 bits per heavy atom. The molecular formula is C11H17F3N2O2. The van der Waals surface area contributed by atoms with Crippen molar-refractivity contribution in [2.24, 2.45) is 0 Å². The van der Waals surface area contributed by atoms with E-state index in [1.807, 2.05) is 0 Å². The van der Waals surface area contributed by atoms with Gasteiger partial charge in [-0.1, -0.05) is 0 Å². The van der Waals surface area contributed by atoms with E-state index in [2.05, 4.69) is 9.84 Å². The van der Waals surface area contributed by atoms with E-state index in [4.69, 9.17) is 0 Å². The van der Waals surface area contributed by atoms with E-state index in [9.17, 15) is 18.3 Å². The first-order chi connectivity index (χ1) is 8.22. The number of nitrogens with zero attached hydrogens (tertiary/aromatic N) is 2. The molecule has 1 aromatic heterocycles. The molecule has 18 heavy (non-hydrogen) atoms. The van der Waals surface area contributed by atoms with Crippen molar-refractivity contribution in [3.05, 3.63) is 17.0 Å². The van der Waals surface area contributed by atoms with Crippen molar-refractivity contribution in [1.82, 2.24) is 9.78 Å². The fourth-order valence-corrected chi connectivity index (χ4v) is 1.87. The van der Waals surface area contributed by atoms with E-state index < -0.39 is 18.9 Å². The first kappa shape index (κ1) is 15.0. The van der Waals surface area contributed by atoms with Gasteiger partial charge in [0.15, 0.2) is 0 Å². The highest BCUT2D eigenvalue weighted by atomic mass is 19.4. The lowest BCUT2D eigenvalue weighted by Crippen LogP contribution is -2.19. The summed E-state index contributed by atoms with van der Waals surface area (Å²) in [6, 6.07) is 0. The average Bonchev–Trinajstić information content (AvgIpc) is 2.47. The summed E-state index contributed by atoms with van der Waals surface area (Å²) in [6.07, 6.45) is -4.95. The molecule has 1 atom stereocenters. The molecule has 1 N–H and O–H groups in total. The molecule has 0 amide bonds. The maximum absolute atomic E-state index is 11.9. The average molecular weight is 266 g/mol. The molecule has 0 radical (unpaired) electrons. The Hall–Kier alpha value is -1.08. The van der Waals surface area contributed by atoms with Crippen LogP contribution in [-0.4, -0.2) is 34.3 Å². The summed E-state index contributed by atoms with van der Waals surface area (Å²) in [5, 5.41) is 13.7. The Bertz CT molecular complexity index is 400. The van der Waals surface area contributed by atoms with Gasteiger partial charge in [-0.25, -0.2) is 0 Å². The summed E-state index contributed by atoms with van der Waals surface area (Å²) in [7, 11) is 0. The molecule has 0 aliphatic carbocycles. The van der Waals surface area contributed by atoms with Gasteiger partial charge in [-0.05, 0) is 20.8 Å². The third-order valence-corrected chi connectivity index (χ3v) is 2.57. The van der Waals surface area contributed by atoms with E-state index in [0.29, 0.717) is 11.3 Å². The van der Waals surface area contributed by atoms with Crippen LogP contribution in [0.3, 0.4) is 0 Å². The lowest BCUT2D eigenvalue weighted by atomic mass is 10.1. The van der Waals surface area contributed by atoms with Crippen LogP contribution in [0.2, 0.25) is 0 Å². The summed E-state index contributed by atoms with van der Waals surface area (Å²) in [4.78, 5) is 0. The summed E-state index contributed by atoms with van der Waals surface area (Å²) < 4.78 is 41.6. The quantitative estimate of drug-likeness (QED) is 0.830. The van der Waals surface area contributed by atoms with Gasteiger partial charge >= 0.3 is 6.18 Å². The van der Waals surface area contributed by atoms with Gasteiger partial charge in [-0.3, -0.25) is 4.68 Å². The maximum Gasteiger partial charge on any atom is 0.411 e. The minimum Gasteiger partial charge on any atom is -0.389 e. The first-order valence-corrected chi connectivity index (χ1v) is 5.59. The van der Waals surface area contributed by atoms with Crippen molar-refractivity contribution in [3.63, 3.8) is 0 Å². The third kappa shape index (κ3) is 3.99. The second-order valence-corrected chi connectivity index (χ2v) is 4.15. The lowest BCUT2D eigenvalue weighted by molar-refractivity contribution is -0.174. The highest BCUT2D eigenvalue weighted by Crippen LogP contribution is 2.21. The van der Waals surface area contributed by atoms with Crippen LogP contribution in [0, 0.1) is 13.8 Å². The molecule has 0 spiro atoms. The number of halogens is 3. The highest BCUT2D eigenvalue weighted by Gasteiger charge is 2.27. The molecule has 0 bridgehead atoms. The molecule has 4 nitrogen and oxygen atoms in total. The van der Waals surface area contributed by atoms with Crippen molar-refractivity contribution in [2.75, 3.05) is 13.2 Å². The maximum atomic E-state index is 11.9. The largest absolute Gasteiger partial charge is 0.411 e. The number of aliphatic hydroxyl groups excluding tert-OH is 1. The van der Waals surface area contributed by atoms with E-state index >= 15 is 0 Å². The van der Waals surface area contributed by atoms with Crippen LogP contribution in [0.25, 0.3) is 0 Å². The summed E-state index contributed by atoms with van der Waals surface area (Å²) in [5.41, 5.74) is 2.14. The molecule has 0 saturated heterocycles. The second kappa shape index (κ2) is 5.71. The monoisotopic (exact) mass is 266 g/mol. The minimum absolute atomic E-state index is 0.0687. The lowest BCUT2D eigenvalue weighted by Gasteiger charge is -2.09. The Balaban J connectivity index is 2.56. The zero-order valence-electron chi connectivity index (χ0n) is 10.6. The molecule has 0 aromatic carbocycles. The molecule has 0 saturated carbocycles. The molecule has 1 aromatic rings. The number of hydrogen-bond donors (Lipinski definition) is 1. The molecule has 0 aliphatic heterocycles. The first-order valence-electron chi connectivity index (χ1n) is 5.59. The molecule has 1 unspecified atom stereocenters. The van der Waals surface area contributed by atoms with Gasteiger partial charge in [0.25, 0.3) is 0 Å². The Morgan fingerprint density at radius 2 is 2.00 bits per heavy atom. The van der Waals surface area contributed by atoms with Gasteiger partial charge in [0.2, 0.25) is 0 Å². The molecule has 0 aliphatic rings. The fraction of sp³-hybridized carbons (Fsp3) is 0.727. The number of aromatic nitrogens is 2. The number of ether oxygens (including phenoxy) is 1. The highest BCUT2D eigenvalue weighted by molar-refractivity contribution is 5.26. The number of rotatable bonds is 5. The van der Waals surface area contributed by atoms with Gasteiger partial charge in [0, 0.05) is 11.3 Å². The zero-order valence-corrected chi connectivity index (χ0v) is 10.6. The predicted octanol–water partition coefficient (Wildman–Crippen LogP) is 2.13. The molecule has 7 heteroatoms. The summed E-state index contributed by atoms with van der Waals surface area (Å²) in [6.45, 7) is 4.06. The smallest absolute Gasteiger partial charge is 0.389 e. The standard InChI is InChI=1S/C11H17F3N2O2/c1-7-10(9(3)17)8(2)16(15-7)4-5-18-6-11(12,13)14/h9,17H,4-6H2,1-3H3. The molecule has 0 fully saturated rings. The molecule has 1 rings (SSSR count). The van der Waals surface area contributed by atoms with Crippen LogP contribution in [0.1, 0.15) is 30.0 Å². The van der Waals surface area contributed by atoms with E-state index in [0.717, 1.165) is 5.69 Å². The van der Waals surface area contributed by atoms with Crippen LogP contribution >= 0.6 is 0 Å².